The maximum absolute atomic E-state index is 13.0. The molecule has 0 radical (unpaired) electrons. The van der Waals surface area contributed by atoms with E-state index < -0.39 is 17.3 Å². The topological polar surface area (TPSA) is 35.2 Å². The summed E-state index contributed by atoms with van der Waals surface area (Å²) in [6.07, 6.45) is -0.608. The first-order valence-corrected chi connectivity index (χ1v) is 11.1. The first-order chi connectivity index (χ1) is 15.6. The van der Waals surface area contributed by atoms with Gasteiger partial charge in [-0.15, -0.1) is 12.4 Å². The summed E-state index contributed by atoms with van der Waals surface area (Å²) >= 11 is 0. The van der Waals surface area contributed by atoms with E-state index in [2.05, 4.69) is 19.1 Å². The van der Waals surface area contributed by atoms with Crippen LogP contribution in [0.15, 0.2) is 78.9 Å². The molecule has 0 spiro atoms. The predicted molar refractivity (Wildman–Crippen MR) is 135 cm³/mol. The number of aryl methyl sites for hydroxylation is 1. The van der Waals surface area contributed by atoms with E-state index in [9.17, 15) is 13.2 Å². The maximum Gasteiger partial charge on any atom is 0.416 e. The van der Waals surface area contributed by atoms with Gasteiger partial charge in [0.1, 0.15) is 11.4 Å². The first kappa shape index (κ1) is 27.5. The Labute approximate surface area is 206 Å². The molecule has 34 heavy (non-hydrogen) atoms. The van der Waals surface area contributed by atoms with Crippen molar-refractivity contribution in [3.63, 3.8) is 0 Å². The Bertz CT molecular complexity index is 1110. The minimum atomic E-state index is -4.36. The minimum Gasteiger partial charge on any atom is -0.483 e. The molecule has 2 N–H and O–H groups in total. The van der Waals surface area contributed by atoms with E-state index in [-0.39, 0.29) is 12.4 Å². The zero-order valence-corrected chi connectivity index (χ0v) is 20.5. The lowest BCUT2D eigenvalue weighted by atomic mass is 9.88. The van der Waals surface area contributed by atoms with Crippen molar-refractivity contribution in [2.75, 3.05) is 6.54 Å². The summed E-state index contributed by atoms with van der Waals surface area (Å²) in [7, 11) is 0. The maximum atomic E-state index is 13.0. The lowest BCUT2D eigenvalue weighted by molar-refractivity contribution is -0.137. The summed E-state index contributed by atoms with van der Waals surface area (Å²) in [6, 6.07) is 21.6. The molecule has 3 aromatic rings. The molecular formula is C28H31ClF3NO. The van der Waals surface area contributed by atoms with Gasteiger partial charge in [0.05, 0.1) is 5.56 Å². The molecule has 0 saturated heterocycles. The normalized spacial score (nSPS) is 13.9. The van der Waals surface area contributed by atoms with Gasteiger partial charge < -0.3 is 10.5 Å². The van der Waals surface area contributed by atoms with E-state index in [0.29, 0.717) is 11.3 Å². The first-order valence-electron chi connectivity index (χ1n) is 11.1. The Kier molecular flexibility index (Phi) is 9.37. The molecular weight excluding hydrogens is 459 g/mol. The van der Waals surface area contributed by atoms with Gasteiger partial charge in [-0.3, -0.25) is 0 Å². The standard InChI is InChI=1S/C20H19F3O.C8H11N.ClH/c1-4-13-8-9-16-17(12-19(2,3)24-18(16)10-13)14-6-5-7-15(11-14)20(21,22)23;9-7-6-8-4-2-1-3-5-8;/h5-12H,4H2,1-3H3;1-5H,6-7,9H2;1H. The smallest absolute Gasteiger partial charge is 0.416 e. The van der Waals surface area contributed by atoms with Crippen LogP contribution in [0.2, 0.25) is 0 Å². The van der Waals surface area contributed by atoms with Crippen LogP contribution in [0.25, 0.3) is 5.57 Å². The van der Waals surface area contributed by atoms with Gasteiger partial charge in [0, 0.05) is 5.56 Å². The summed E-state index contributed by atoms with van der Waals surface area (Å²) in [5.74, 6) is 0.717. The highest BCUT2D eigenvalue weighted by molar-refractivity contribution is 5.85. The highest BCUT2D eigenvalue weighted by atomic mass is 35.5. The van der Waals surface area contributed by atoms with E-state index in [1.54, 1.807) is 6.07 Å². The van der Waals surface area contributed by atoms with Crippen LogP contribution in [0.5, 0.6) is 5.75 Å². The largest absolute Gasteiger partial charge is 0.483 e. The molecule has 1 aliphatic heterocycles. The number of alkyl halides is 3. The van der Waals surface area contributed by atoms with E-state index in [4.69, 9.17) is 10.5 Å². The van der Waals surface area contributed by atoms with Crippen molar-refractivity contribution in [1.29, 1.82) is 0 Å². The molecule has 0 fully saturated rings. The predicted octanol–water partition coefficient (Wildman–Crippen LogP) is 7.48. The Hall–Kier alpha value is -2.76. The third-order valence-corrected chi connectivity index (χ3v) is 5.39. The molecule has 1 heterocycles. The van der Waals surface area contributed by atoms with Crippen LogP contribution in [0.1, 0.15) is 48.6 Å². The van der Waals surface area contributed by atoms with E-state index >= 15 is 0 Å². The molecule has 0 amide bonds. The van der Waals surface area contributed by atoms with Crippen LogP contribution < -0.4 is 10.5 Å². The van der Waals surface area contributed by atoms with Gasteiger partial charge in [0.2, 0.25) is 0 Å². The lowest BCUT2D eigenvalue weighted by Gasteiger charge is -2.31. The molecule has 0 atom stereocenters. The third-order valence-electron chi connectivity index (χ3n) is 5.39. The van der Waals surface area contributed by atoms with Gasteiger partial charge in [-0.2, -0.15) is 13.2 Å². The van der Waals surface area contributed by atoms with E-state index in [0.717, 1.165) is 42.2 Å². The fraction of sp³-hybridized carbons (Fsp3) is 0.286. The van der Waals surface area contributed by atoms with Crippen molar-refractivity contribution in [2.24, 2.45) is 5.73 Å². The average Bonchev–Trinajstić information content (AvgIpc) is 2.78. The van der Waals surface area contributed by atoms with Crippen molar-refractivity contribution >= 4 is 18.0 Å². The van der Waals surface area contributed by atoms with Gasteiger partial charge >= 0.3 is 6.18 Å². The minimum absolute atomic E-state index is 0. The second-order valence-electron chi connectivity index (χ2n) is 8.55. The molecule has 0 aliphatic carbocycles. The average molecular weight is 490 g/mol. The highest BCUT2D eigenvalue weighted by Crippen LogP contribution is 2.41. The summed E-state index contributed by atoms with van der Waals surface area (Å²) in [6.45, 7) is 6.60. The Morgan fingerprint density at radius 3 is 2.21 bits per heavy atom. The van der Waals surface area contributed by atoms with Crippen LogP contribution >= 0.6 is 12.4 Å². The monoisotopic (exact) mass is 489 g/mol. The number of nitrogens with two attached hydrogens (primary N) is 1. The van der Waals surface area contributed by atoms with Crippen LogP contribution in [-0.2, 0) is 19.0 Å². The van der Waals surface area contributed by atoms with Gasteiger partial charge in [-0.05, 0) is 79.8 Å². The molecule has 1 aliphatic rings. The summed E-state index contributed by atoms with van der Waals surface area (Å²) < 4.78 is 45.1. The van der Waals surface area contributed by atoms with Crippen LogP contribution in [0.3, 0.4) is 0 Å². The van der Waals surface area contributed by atoms with Gasteiger partial charge in [-0.1, -0.05) is 61.5 Å². The fourth-order valence-corrected chi connectivity index (χ4v) is 3.75. The molecule has 0 aromatic heterocycles. The van der Waals surface area contributed by atoms with Crippen molar-refractivity contribution in [3.05, 3.63) is 107 Å². The number of ether oxygens (including phenoxy) is 1. The van der Waals surface area contributed by atoms with Gasteiger partial charge in [-0.25, -0.2) is 0 Å². The second kappa shape index (κ2) is 11.6. The van der Waals surface area contributed by atoms with Crippen molar-refractivity contribution in [1.82, 2.24) is 0 Å². The number of halogens is 4. The number of hydrogen-bond donors (Lipinski definition) is 1. The summed E-state index contributed by atoms with van der Waals surface area (Å²) in [4.78, 5) is 0. The van der Waals surface area contributed by atoms with Gasteiger partial charge in [0.15, 0.2) is 0 Å². The number of hydrogen-bond acceptors (Lipinski definition) is 2. The lowest BCUT2D eigenvalue weighted by Crippen LogP contribution is -2.29. The number of benzene rings is 3. The van der Waals surface area contributed by atoms with Crippen LogP contribution in [-0.4, -0.2) is 12.1 Å². The zero-order chi connectivity index (χ0) is 24.1. The van der Waals surface area contributed by atoms with E-state index in [1.807, 2.05) is 56.3 Å². The van der Waals surface area contributed by atoms with Crippen LogP contribution in [0, 0.1) is 0 Å². The SMILES string of the molecule is CCc1ccc2c(c1)OC(C)(C)C=C2c1cccc(C(F)(F)F)c1.Cl.NCCc1ccccc1. The van der Waals surface area contributed by atoms with Crippen LogP contribution in [0.4, 0.5) is 13.2 Å². The van der Waals surface area contributed by atoms with Crippen molar-refractivity contribution < 1.29 is 17.9 Å². The molecule has 0 saturated carbocycles. The zero-order valence-electron chi connectivity index (χ0n) is 19.7. The van der Waals surface area contributed by atoms with E-state index in [1.165, 1.54) is 17.7 Å². The Balaban J connectivity index is 0.000000345. The second-order valence-corrected chi connectivity index (χ2v) is 8.55. The summed E-state index contributed by atoms with van der Waals surface area (Å²) in [5, 5.41) is 0. The van der Waals surface area contributed by atoms with Gasteiger partial charge in [0.25, 0.3) is 0 Å². The molecule has 2 nitrogen and oxygen atoms in total. The molecule has 3 aromatic carbocycles. The molecule has 182 valence electrons. The number of fused-ring (bicyclic) bond motifs is 1. The molecule has 6 heteroatoms. The molecule has 4 rings (SSSR count). The summed E-state index contributed by atoms with van der Waals surface area (Å²) in [5.41, 5.74) is 8.74. The fourth-order valence-electron chi connectivity index (χ4n) is 3.75. The third kappa shape index (κ3) is 7.12. The van der Waals surface area contributed by atoms with Crippen molar-refractivity contribution in [2.45, 2.75) is 45.4 Å². The quantitative estimate of drug-likeness (QED) is 0.412. The Morgan fingerprint density at radius 1 is 0.882 bits per heavy atom. The highest BCUT2D eigenvalue weighted by Gasteiger charge is 2.32. The van der Waals surface area contributed by atoms with Crippen molar-refractivity contribution in [3.8, 4) is 5.75 Å². The molecule has 0 bridgehead atoms. The molecule has 0 unspecified atom stereocenters. The Morgan fingerprint density at radius 2 is 1.59 bits per heavy atom. The number of rotatable bonds is 4.